The molecule has 1 N–H and O–H groups in total. The normalized spacial score (nSPS) is 18.1. The average molecular weight is 375 g/mol. The summed E-state index contributed by atoms with van der Waals surface area (Å²) in [5.74, 6) is -0.921. The fourth-order valence-corrected chi connectivity index (χ4v) is 4.13. The topological polar surface area (TPSA) is 37.3 Å². The van der Waals surface area contributed by atoms with Gasteiger partial charge in [0, 0.05) is 6.08 Å². The summed E-state index contributed by atoms with van der Waals surface area (Å²) in [5, 5.41) is 8.91. The van der Waals surface area contributed by atoms with Crippen molar-refractivity contribution < 1.29 is 9.90 Å². The van der Waals surface area contributed by atoms with E-state index in [2.05, 4.69) is 64.1 Å². The van der Waals surface area contributed by atoms with E-state index in [1.54, 1.807) is 6.92 Å². The lowest BCUT2D eigenvalue weighted by Crippen LogP contribution is -2.33. The molecule has 0 saturated heterocycles. The minimum atomic E-state index is -0.921. The summed E-state index contributed by atoms with van der Waals surface area (Å²) in [7, 11) is 0. The Hall–Kier alpha value is -2.61. The van der Waals surface area contributed by atoms with Crippen LogP contribution < -0.4 is 0 Å². The van der Waals surface area contributed by atoms with Crippen molar-refractivity contribution in [1.82, 2.24) is 0 Å². The fourth-order valence-electron chi connectivity index (χ4n) is 4.13. The molecular weight excluding hydrogens is 344 g/mol. The van der Waals surface area contributed by atoms with Crippen LogP contribution in [0.3, 0.4) is 0 Å². The zero-order chi connectivity index (χ0) is 20.5. The molecular formula is C26H30O2. The van der Waals surface area contributed by atoms with Crippen LogP contribution in [0, 0.1) is 0 Å². The van der Waals surface area contributed by atoms with Crippen LogP contribution >= 0.6 is 0 Å². The maximum atomic E-state index is 10.8. The highest BCUT2D eigenvalue weighted by atomic mass is 16.4. The summed E-state index contributed by atoms with van der Waals surface area (Å²) in [5.41, 5.74) is 7.48. The summed E-state index contributed by atoms with van der Waals surface area (Å²) >= 11 is 0. The number of rotatable bonds is 4. The molecule has 0 aromatic heterocycles. The number of hydrogen-bond donors (Lipinski definition) is 1. The van der Waals surface area contributed by atoms with Crippen molar-refractivity contribution in [1.29, 1.82) is 0 Å². The average Bonchev–Trinajstić information content (AvgIpc) is 2.63. The second-order valence-electron chi connectivity index (χ2n) is 9.18. The van der Waals surface area contributed by atoms with Crippen molar-refractivity contribution >= 4 is 12.0 Å². The van der Waals surface area contributed by atoms with Gasteiger partial charge in [0.15, 0.2) is 0 Å². The molecule has 0 fully saturated rings. The van der Waals surface area contributed by atoms with Crippen LogP contribution in [-0.4, -0.2) is 11.1 Å². The number of allylic oxidation sites excluding steroid dienone is 2. The zero-order valence-corrected chi connectivity index (χ0v) is 17.5. The fraction of sp³-hybridized carbons (Fsp3) is 0.346. The predicted octanol–water partition coefficient (Wildman–Crippen LogP) is 6.75. The smallest absolute Gasteiger partial charge is 0.328 e. The predicted molar refractivity (Wildman–Crippen MR) is 118 cm³/mol. The molecule has 0 saturated carbocycles. The Bertz CT molecular complexity index is 958. The summed E-state index contributed by atoms with van der Waals surface area (Å²) in [6.07, 6.45) is 7.48. The van der Waals surface area contributed by atoms with Crippen molar-refractivity contribution in [3.8, 4) is 11.1 Å². The van der Waals surface area contributed by atoms with Gasteiger partial charge in [-0.2, -0.15) is 0 Å². The minimum absolute atomic E-state index is 0.173. The van der Waals surface area contributed by atoms with Gasteiger partial charge in [0.05, 0.1) is 0 Å². The van der Waals surface area contributed by atoms with Crippen LogP contribution in [0.25, 0.3) is 17.2 Å². The molecule has 1 aliphatic carbocycles. The van der Waals surface area contributed by atoms with E-state index in [-0.39, 0.29) is 10.8 Å². The van der Waals surface area contributed by atoms with Gasteiger partial charge in [-0.1, -0.05) is 82.3 Å². The van der Waals surface area contributed by atoms with Gasteiger partial charge in [-0.3, -0.25) is 0 Å². The van der Waals surface area contributed by atoms with E-state index in [9.17, 15) is 4.79 Å². The van der Waals surface area contributed by atoms with Crippen LogP contribution in [0.1, 0.15) is 64.2 Å². The Morgan fingerprint density at radius 2 is 1.61 bits per heavy atom. The van der Waals surface area contributed by atoms with Crippen LogP contribution in [0.2, 0.25) is 0 Å². The number of aliphatic carboxylic acids is 1. The van der Waals surface area contributed by atoms with Crippen molar-refractivity contribution in [2.75, 3.05) is 0 Å². The number of carbonyl (C=O) groups is 1. The van der Waals surface area contributed by atoms with Crippen molar-refractivity contribution in [3.63, 3.8) is 0 Å². The second-order valence-corrected chi connectivity index (χ2v) is 9.18. The molecule has 0 amide bonds. The van der Waals surface area contributed by atoms with Crippen LogP contribution in [0.5, 0.6) is 0 Å². The first-order chi connectivity index (χ1) is 13.1. The number of hydrogen-bond acceptors (Lipinski definition) is 1. The SMILES string of the molecule is CC(C=Cc1ccccc1-c1ccc2c(c1)C(C)(C)CCC2(C)C)=CC(=O)O. The number of carboxylic acids is 1. The van der Waals surface area contributed by atoms with E-state index in [4.69, 9.17) is 5.11 Å². The molecule has 0 unspecified atom stereocenters. The lowest BCUT2D eigenvalue weighted by Gasteiger charge is -2.42. The van der Waals surface area contributed by atoms with Gasteiger partial charge >= 0.3 is 5.97 Å². The van der Waals surface area contributed by atoms with E-state index in [0.29, 0.717) is 0 Å². The number of fused-ring (bicyclic) bond motifs is 1. The second kappa shape index (κ2) is 7.43. The first kappa shape index (κ1) is 20.1. The molecule has 28 heavy (non-hydrogen) atoms. The Morgan fingerprint density at radius 1 is 0.964 bits per heavy atom. The van der Waals surface area contributed by atoms with Gasteiger partial charge in [0.25, 0.3) is 0 Å². The number of carboxylic acid groups (broad SMARTS) is 1. The first-order valence-electron chi connectivity index (χ1n) is 9.94. The molecule has 2 aromatic carbocycles. The summed E-state index contributed by atoms with van der Waals surface area (Å²) in [6, 6.07) is 15.2. The first-order valence-corrected chi connectivity index (χ1v) is 9.94. The lowest BCUT2D eigenvalue weighted by molar-refractivity contribution is -0.131. The molecule has 2 aromatic rings. The third-order valence-electron chi connectivity index (χ3n) is 6.00. The molecule has 0 spiro atoms. The van der Waals surface area contributed by atoms with Gasteiger partial charge in [0.2, 0.25) is 0 Å². The highest BCUT2D eigenvalue weighted by molar-refractivity contribution is 5.82. The Morgan fingerprint density at radius 3 is 2.29 bits per heavy atom. The maximum Gasteiger partial charge on any atom is 0.328 e. The molecule has 0 bridgehead atoms. The summed E-state index contributed by atoms with van der Waals surface area (Å²) in [4.78, 5) is 10.8. The molecule has 3 rings (SSSR count). The molecule has 2 nitrogen and oxygen atoms in total. The van der Waals surface area contributed by atoms with E-state index in [1.165, 1.54) is 41.2 Å². The van der Waals surface area contributed by atoms with Gasteiger partial charge < -0.3 is 5.11 Å². The molecule has 146 valence electrons. The van der Waals surface area contributed by atoms with Crippen molar-refractivity contribution in [2.24, 2.45) is 0 Å². The largest absolute Gasteiger partial charge is 0.478 e. The molecule has 1 aliphatic rings. The highest BCUT2D eigenvalue weighted by Gasteiger charge is 2.36. The molecule has 0 atom stereocenters. The molecule has 0 heterocycles. The van der Waals surface area contributed by atoms with E-state index >= 15 is 0 Å². The van der Waals surface area contributed by atoms with E-state index in [1.807, 2.05) is 18.2 Å². The van der Waals surface area contributed by atoms with E-state index in [0.717, 1.165) is 11.1 Å². The zero-order valence-electron chi connectivity index (χ0n) is 17.5. The van der Waals surface area contributed by atoms with Gasteiger partial charge in [-0.25, -0.2) is 4.79 Å². The highest BCUT2D eigenvalue weighted by Crippen LogP contribution is 2.47. The van der Waals surface area contributed by atoms with Crippen molar-refractivity contribution in [3.05, 3.63) is 76.9 Å². The molecule has 0 radical (unpaired) electrons. The third-order valence-corrected chi connectivity index (χ3v) is 6.00. The molecule has 0 aliphatic heterocycles. The minimum Gasteiger partial charge on any atom is -0.478 e. The van der Waals surface area contributed by atoms with E-state index < -0.39 is 5.97 Å². The van der Waals surface area contributed by atoms with Gasteiger partial charge in [0.1, 0.15) is 0 Å². The van der Waals surface area contributed by atoms with Crippen molar-refractivity contribution in [2.45, 2.75) is 58.3 Å². The Kier molecular flexibility index (Phi) is 5.34. The van der Waals surface area contributed by atoms with Gasteiger partial charge in [-0.15, -0.1) is 0 Å². The standard InChI is InChI=1S/C26H30O2/c1-18(16-24(27)28)10-11-19-8-6-7-9-21(19)20-12-13-22-23(17-20)26(4,5)15-14-25(22,2)3/h6-13,16-17H,14-15H2,1-5H3,(H,27,28). The summed E-state index contributed by atoms with van der Waals surface area (Å²) in [6.45, 7) is 11.2. The maximum absolute atomic E-state index is 10.8. The Balaban J connectivity index is 2.07. The quantitative estimate of drug-likeness (QED) is 0.475. The third kappa shape index (κ3) is 4.11. The monoisotopic (exact) mass is 374 g/mol. The van der Waals surface area contributed by atoms with Gasteiger partial charge in [-0.05, 0) is 64.0 Å². The van der Waals surface area contributed by atoms with Crippen LogP contribution in [0.15, 0.2) is 60.2 Å². The molecule has 2 heteroatoms. The van der Waals surface area contributed by atoms with Crippen LogP contribution in [-0.2, 0) is 15.6 Å². The lowest BCUT2D eigenvalue weighted by atomic mass is 9.63. The number of benzene rings is 2. The Labute approximate surface area is 168 Å². The summed E-state index contributed by atoms with van der Waals surface area (Å²) < 4.78 is 0. The van der Waals surface area contributed by atoms with Crippen LogP contribution in [0.4, 0.5) is 0 Å².